The molecule has 1 aromatic heterocycles. The third-order valence-electron chi connectivity index (χ3n) is 3.22. The Bertz CT molecular complexity index is 354. The summed E-state index contributed by atoms with van der Waals surface area (Å²) in [4.78, 5) is 10.7. The van der Waals surface area contributed by atoms with Crippen molar-refractivity contribution in [3.8, 4) is 0 Å². The van der Waals surface area contributed by atoms with E-state index >= 15 is 0 Å². The van der Waals surface area contributed by atoms with E-state index in [1.165, 1.54) is 0 Å². The van der Waals surface area contributed by atoms with Crippen molar-refractivity contribution in [1.82, 2.24) is 14.9 Å². The normalized spacial score (nSPS) is 26.6. The minimum absolute atomic E-state index is 0.452. The minimum atomic E-state index is 0.452. The van der Waals surface area contributed by atoms with E-state index in [9.17, 15) is 0 Å². The summed E-state index contributed by atoms with van der Waals surface area (Å²) in [6, 6.07) is 2.75. The molecule has 1 aliphatic rings. The molecule has 2 unspecified atom stereocenters. The number of nitrogen functional groups attached to an aromatic ring is 1. The van der Waals surface area contributed by atoms with Gasteiger partial charge in [0, 0.05) is 24.8 Å². The van der Waals surface area contributed by atoms with Crippen molar-refractivity contribution in [3.05, 3.63) is 12.3 Å². The fourth-order valence-electron chi connectivity index (χ4n) is 2.05. The van der Waals surface area contributed by atoms with Crippen LogP contribution in [0.1, 0.15) is 19.8 Å². The van der Waals surface area contributed by atoms with E-state index in [-0.39, 0.29) is 0 Å². The van der Waals surface area contributed by atoms with Gasteiger partial charge in [0.05, 0.1) is 0 Å². The number of rotatable bonds is 2. The molecule has 5 heteroatoms. The van der Waals surface area contributed by atoms with Crippen LogP contribution >= 0.6 is 0 Å². The van der Waals surface area contributed by atoms with Crippen molar-refractivity contribution in [2.24, 2.45) is 0 Å². The summed E-state index contributed by atoms with van der Waals surface area (Å²) in [6.45, 7) is 3.36. The van der Waals surface area contributed by atoms with Gasteiger partial charge in [0.2, 0.25) is 5.95 Å². The van der Waals surface area contributed by atoms with Crippen molar-refractivity contribution < 1.29 is 0 Å². The number of piperidine rings is 1. The molecule has 1 aromatic rings. The van der Waals surface area contributed by atoms with Gasteiger partial charge in [0.15, 0.2) is 0 Å². The third kappa shape index (κ3) is 2.61. The standard InChI is InChI=1S/C11H19N5/c1-8-7-9(4-6-16(8)2)14-11-13-5-3-10(12)15-11/h3,5,8-9H,4,6-7H2,1-2H3,(H3,12,13,14,15). The Balaban J connectivity index is 1.95. The highest BCUT2D eigenvalue weighted by Crippen LogP contribution is 2.18. The number of nitrogens with one attached hydrogen (secondary N) is 1. The molecule has 0 spiro atoms. The lowest BCUT2D eigenvalue weighted by atomic mass is 9.99. The van der Waals surface area contributed by atoms with E-state index in [0.29, 0.717) is 23.8 Å². The van der Waals surface area contributed by atoms with Crippen LogP contribution in [0.5, 0.6) is 0 Å². The SMILES string of the molecule is CC1CC(Nc2nccc(N)n2)CCN1C. The van der Waals surface area contributed by atoms with Gasteiger partial charge >= 0.3 is 0 Å². The number of hydrogen-bond donors (Lipinski definition) is 2. The van der Waals surface area contributed by atoms with Crippen molar-refractivity contribution in [2.45, 2.75) is 31.8 Å². The minimum Gasteiger partial charge on any atom is -0.384 e. The lowest BCUT2D eigenvalue weighted by Crippen LogP contribution is -2.42. The second-order valence-electron chi connectivity index (χ2n) is 4.50. The smallest absolute Gasteiger partial charge is 0.224 e. The highest BCUT2D eigenvalue weighted by Gasteiger charge is 2.22. The van der Waals surface area contributed by atoms with E-state index in [4.69, 9.17) is 5.73 Å². The van der Waals surface area contributed by atoms with Crippen molar-refractivity contribution >= 4 is 11.8 Å². The Morgan fingerprint density at radius 2 is 2.38 bits per heavy atom. The largest absolute Gasteiger partial charge is 0.384 e. The number of aromatic nitrogens is 2. The van der Waals surface area contributed by atoms with Crippen LogP contribution in [0.3, 0.4) is 0 Å². The van der Waals surface area contributed by atoms with Crippen LogP contribution in [0.25, 0.3) is 0 Å². The van der Waals surface area contributed by atoms with E-state index in [2.05, 4.69) is 34.2 Å². The van der Waals surface area contributed by atoms with E-state index < -0.39 is 0 Å². The molecule has 5 nitrogen and oxygen atoms in total. The number of hydrogen-bond acceptors (Lipinski definition) is 5. The first kappa shape index (κ1) is 11.1. The first-order valence-electron chi connectivity index (χ1n) is 5.70. The van der Waals surface area contributed by atoms with E-state index in [1.54, 1.807) is 12.3 Å². The molecule has 1 saturated heterocycles. The zero-order chi connectivity index (χ0) is 11.5. The van der Waals surface area contributed by atoms with Crippen LogP contribution in [0.4, 0.5) is 11.8 Å². The topological polar surface area (TPSA) is 67.1 Å². The van der Waals surface area contributed by atoms with Crippen LogP contribution in [0.2, 0.25) is 0 Å². The highest BCUT2D eigenvalue weighted by molar-refractivity contribution is 5.35. The first-order valence-corrected chi connectivity index (χ1v) is 5.70. The second kappa shape index (κ2) is 4.65. The maximum Gasteiger partial charge on any atom is 0.224 e. The average molecular weight is 221 g/mol. The molecule has 0 bridgehead atoms. The zero-order valence-electron chi connectivity index (χ0n) is 9.85. The third-order valence-corrected chi connectivity index (χ3v) is 3.22. The lowest BCUT2D eigenvalue weighted by Gasteiger charge is -2.35. The van der Waals surface area contributed by atoms with Crippen LogP contribution in [-0.2, 0) is 0 Å². The molecule has 0 radical (unpaired) electrons. The fourth-order valence-corrected chi connectivity index (χ4v) is 2.05. The Morgan fingerprint density at radius 3 is 3.06 bits per heavy atom. The molecular weight excluding hydrogens is 202 g/mol. The van der Waals surface area contributed by atoms with Gasteiger partial charge in [-0.25, -0.2) is 4.98 Å². The number of nitrogens with zero attached hydrogens (tertiary/aromatic N) is 3. The Hall–Kier alpha value is -1.36. The van der Waals surface area contributed by atoms with Crippen LogP contribution in [-0.4, -0.2) is 40.5 Å². The number of anilines is 2. The molecule has 0 aliphatic carbocycles. The van der Waals surface area contributed by atoms with Gasteiger partial charge in [-0.15, -0.1) is 0 Å². The van der Waals surface area contributed by atoms with Crippen molar-refractivity contribution in [3.63, 3.8) is 0 Å². The molecule has 0 aromatic carbocycles. The molecule has 1 aliphatic heterocycles. The summed E-state index contributed by atoms with van der Waals surface area (Å²) >= 11 is 0. The quantitative estimate of drug-likeness (QED) is 0.778. The fraction of sp³-hybridized carbons (Fsp3) is 0.636. The maximum atomic E-state index is 5.61. The maximum absolute atomic E-state index is 5.61. The molecule has 16 heavy (non-hydrogen) atoms. The van der Waals surface area contributed by atoms with E-state index in [0.717, 1.165) is 19.4 Å². The summed E-state index contributed by atoms with van der Waals surface area (Å²) in [7, 11) is 2.16. The molecule has 3 N–H and O–H groups in total. The summed E-state index contributed by atoms with van der Waals surface area (Å²) in [5.74, 6) is 1.15. The molecule has 2 atom stereocenters. The van der Waals surface area contributed by atoms with Gasteiger partial charge in [0.1, 0.15) is 5.82 Å². The Kier molecular flexibility index (Phi) is 3.24. The molecule has 0 amide bonds. The van der Waals surface area contributed by atoms with Crippen LogP contribution in [0.15, 0.2) is 12.3 Å². The van der Waals surface area contributed by atoms with Crippen molar-refractivity contribution in [2.75, 3.05) is 24.6 Å². The van der Waals surface area contributed by atoms with Gasteiger partial charge in [-0.2, -0.15) is 4.98 Å². The molecule has 2 heterocycles. The molecule has 2 rings (SSSR count). The zero-order valence-corrected chi connectivity index (χ0v) is 9.85. The molecule has 1 fully saturated rings. The monoisotopic (exact) mass is 221 g/mol. The predicted octanol–water partition coefficient (Wildman–Crippen LogP) is 0.953. The Labute approximate surface area is 96.1 Å². The van der Waals surface area contributed by atoms with Gasteiger partial charge in [-0.3, -0.25) is 0 Å². The molecular formula is C11H19N5. The Morgan fingerprint density at radius 1 is 1.56 bits per heavy atom. The van der Waals surface area contributed by atoms with Gasteiger partial charge in [-0.05, 0) is 32.9 Å². The highest BCUT2D eigenvalue weighted by atomic mass is 15.2. The summed E-state index contributed by atoms with van der Waals surface area (Å²) in [5.41, 5.74) is 5.61. The number of nitrogens with two attached hydrogens (primary N) is 1. The molecule has 88 valence electrons. The first-order chi connectivity index (χ1) is 7.65. The number of likely N-dealkylation sites (tertiary alicyclic amines) is 1. The summed E-state index contributed by atoms with van der Waals surface area (Å²) in [6.07, 6.45) is 3.93. The summed E-state index contributed by atoms with van der Waals surface area (Å²) in [5, 5.41) is 3.34. The van der Waals surface area contributed by atoms with Gasteiger partial charge < -0.3 is 16.0 Å². The lowest BCUT2D eigenvalue weighted by molar-refractivity contribution is 0.190. The van der Waals surface area contributed by atoms with Crippen LogP contribution in [0, 0.1) is 0 Å². The van der Waals surface area contributed by atoms with E-state index in [1.807, 2.05) is 0 Å². The van der Waals surface area contributed by atoms with Crippen molar-refractivity contribution in [1.29, 1.82) is 0 Å². The second-order valence-corrected chi connectivity index (χ2v) is 4.50. The predicted molar refractivity (Wildman–Crippen MR) is 65.2 cm³/mol. The average Bonchev–Trinajstić information content (AvgIpc) is 2.24. The molecule has 0 saturated carbocycles. The summed E-state index contributed by atoms with van der Waals surface area (Å²) < 4.78 is 0. The van der Waals surface area contributed by atoms with Gasteiger partial charge in [0.25, 0.3) is 0 Å². The van der Waals surface area contributed by atoms with Gasteiger partial charge in [-0.1, -0.05) is 0 Å². The van der Waals surface area contributed by atoms with Crippen LogP contribution < -0.4 is 11.1 Å².